The summed E-state index contributed by atoms with van der Waals surface area (Å²) in [6, 6.07) is 23.2. The van der Waals surface area contributed by atoms with Gasteiger partial charge in [-0.2, -0.15) is 15.0 Å². The van der Waals surface area contributed by atoms with Gasteiger partial charge in [0.15, 0.2) is 10.9 Å². The van der Waals surface area contributed by atoms with Crippen molar-refractivity contribution in [3.8, 4) is 17.3 Å². The van der Waals surface area contributed by atoms with E-state index in [0.29, 0.717) is 28.5 Å². The number of nitrogens with two attached hydrogens (primary N) is 1. The third-order valence-corrected chi connectivity index (χ3v) is 5.77. The van der Waals surface area contributed by atoms with E-state index < -0.39 is 0 Å². The molecule has 0 aliphatic heterocycles. The molecule has 5 rings (SSSR count). The fourth-order valence-electron chi connectivity index (χ4n) is 3.23. The third-order valence-electron chi connectivity index (χ3n) is 4.74. The first-order valence-electron chi connectivity index (χ1n) is 10.2. The van der Waals surface area contributed by atoms with Gasteiger partial charge in [0.05, 0.1) is 11.5 Å². The number of benzene rings is 2. The first-order valence-corrected chi connectivity index (χ1v) is 11.1. The predicted octanol–water partition coefficient (Wildman–Crippen LogP) is 4.89. The lowest BCUT2D eigenvalue weighted by atomic mass is 10.3. The Hall–Kier alpha value is -4.18. The van der Waals surface area contributed by atoms with Crippen LogP contribution in [0.5, 0.6) is 0 Å². The molecule has 0 spiro atoms. The van der Waals surface area contributed by atoms with Crippen molar-refractivity contribution in [1.82, 2.24) is 29.7 Å². The summed E-state index contributed by atoms with van der Waals surface area (Å²) >= 11 is 1.47. The summed E-state index contributed by atoms with van der Waals surface area (Å²) in [6.07, 6.45) is 1.61. The van der Waals surface area contributed by atoms with Crippen LogP contribution in [0.3, 0.4) is 0 Å². The Bertz CT molecular complexity index is 1340. The van der Waals surface area contributed by atoms with Gasteiger partial charge in [0.1, 0.15) is 5.82 Å². The number of hydrogen-bond donors (Lipinski definition) is 2. The standard InChI is InChI=1S/C23H20N8OS/c1-15(19-26-21(24)28-22(27-19)25-16-9-4-2-5-10-16)33-23-30-29-20(18-13-8-14-32-18)31(23)17-11-6-3-7-12-17/h2-15H,1H3,(H3,24,25,26,27,28). The normalized spacial score (nSPS) is 11.9. The fourth-order valence-corrected chi connectivity index (χ4v) is 4.14. The van der Waals surface area contributed by atoms with Gasteiger partial charge in [0.25, 0.3) is 0 Å². The van der Waals surface area contributed by atoms with Crippen LogP contribution in [-0.4, -0.2) is 29.7 Å². The summed E-state index contributed by atoms with van der Waals surface area (Å²) in [6.45, 7) is 1.99. The lowest BCUT2D eigenvalue weighted by Gasteiger charge is -2.13. The van der Waals surface area contributed by atoms with E-state index in [1.807, 2.05) is 84.3 Å². The zero-order valence-electron chi connectivity index (χ0n) is 17.7. The molecule has 3 aromatic heterocycles. The van der Waals surface area contributed by atoms with Crippen LogP contribution in [-0.2, 0) is 0 Å². The third kappa shape index (κ3) is 4.55. The molecular weight excluding hydrogens is 436 g/mol. The minimum Gasteiger partial charge on any atom is -0.461 e. The van der Waals surface area contributed by atoms with Crippen molar-refractivity contribution in [2.45, 2.75) is 17.3 Å². The highest BCUT2D eigenvalue weighted by Gasteiger charge is 2.22. The molecule has 0 saturated heterocycles. The Kier molecular flexibility index (Phi) is 5.73. The first kappa shape index (κ1) is 20.7. The minimum absolute atomic E-state index is 0.145. The van der Waals surface area contributed by atoms with Gasteiger partial charge in [-0.1, -0.05) is 48.2 Å². The van der Waals surface area contributed by atoms with E-state index in [1.54, 1.807) is 6.26 Å². The second-order valence-electron chi connectivity index (χ2n) is 7.08. The maximum atomic E-state index is 5.98. The number of para-hydroxylation sites is 2. The molecule has 9 nitrogen and oxygen atoms in total. The molecule has 10 heteroatoms. The second-order valence-corrected chi connectivity index (χ2v) is 8.39. The number of hydrogen-bond acceptors (Lipinski definition) is 9. The summed E-state index contributed by atoms with van der Waals surface area (Å²) in [7, 11) is 0. The number of furan rings is 1. The van der Waals surface area contributed by atoms with Crippen molar-refractivity contribution in [1.29, 1.82) is 0 Å². The largest absolute Gasteiger partial charge is 0.461 e. The first-order chi connectivity index (χ1) is 16.2. The quantitative estimate of drug-likeness (QED) is 0.330. The van der Waals surface area contributed by atoms with Crippen LogP contribution in [0, 0.1) is 0 Å². The van der Waals surface area contributed by atoms with Gasteiger partial charge in [0, 0.05) is 11.4 Å². The van der Waals surface area contributed by atoms with Crippen LogP contribution in [0.2, 0.25) is 0 Å². The zero-order chi connectivity index (χ0) is 22.6. The number of thioether (sulfide) groups is 1. The molecular formula is C23H20N8OS. The van der Waals surface area contributed by atoms with Crippen molar-refractivity contribution >= 4 is 29.3 Å². The van der Waals surface area contributed by atoms with E-state index in [1.165, 1.54) is 11.8 Å². The minimum atomic E-state index is -0.178. The number of nitrogens with one attached hydrogen (secondary N) is 1. The summed E-state index contributed by atoms with van der Waals surface area (Å²) in [5.41, 5.74) is 7.76. The number of nitrogen functional groups attached to an aromatic ring is 1. The zero-order valence-corrected chi connectivity index (χ0v) is 18.5. The highest BCUT2D eigenvalue weighted by atomic mass is 32.2. The molecule has 33 heavy (non-hydrogen) atoms. The molecule has 1 unspecified atom stereocenters. The van der Waals surface area contributed by atoms with E-state index in [9.17, 15) is 0 Å². The van der Waals surface area contributed by atoms with E-state index in [2.05, 4.69) is 30.5 Å². The SMILES string of the molecule is CC(Sc1nnc(-c2ccco2)n1-c1ccccc1)c1nc(N)nc(Nc2ccccc2)n1. The van der Waals surface area contributed by atoms with Gasteiger partial charge in [0.2, 0.25) is 17.7 Å². The topological polar surface area (TPSA) is 121 Å². The number of nitrogens with zero attached hydrogens (tertiary/aromatic N) is 6. The molecule has 0 aliphatic rings. The fraction of sp³-hybridized carbons (Fsp3) is 0.0870. The lowest BCUT2D eigenvalue weighted by Crippen LogP contribution is -2.09. The average Bonchev–Trinajstić information content (AvgIpc) is 3.50. The molecule has 3 heterocycles. The summed E-state index contributed by atoms with van der Waals surface area (Å²) in [5, 5.41) is 12.5. The van der Waals surface area contributed by atoms with Gasteiger partial charge in [-0.3, -0.25) is 4.57 Å². The molecule has 0 radical (unpaired) electrons. The van der Waals surface area contributed by atoms with E-state index >= 15 is 0 Å². The van der Waals surface area contributed by atoms with Crippen LogP contribution in [0.4, 0.5) is 17.6 Å². The van der Waals surface area contributed by atoms with Crippen LogP contribution in [0.25, 0.3) is 17.3 Å². The van der Waals surface area contributed by atoms with E-state index in [0.717, 1.165) is 11.4 Å². The van der Waals surface area contributed by atoms with Gasteiger partial charge in [-0.25, -0.2) is 0 Å². The Morgan fingerprint density at radius 3 is 2.39 bits per heavy atom. The van der Waals surface area contributed by atoms with Gasteiger partial charge in [-0.05, 0) is 43.3 Å². The molecule has 0 fully saturated rings. The summed E-state index contributed by atoms with van der Waals surface area (Å²) in [4.78, 5) is 13.1. The molecule has 0 aliphatic carbocycles. The maximum Gasteiger partial charge on any atom is 0.232 e. The van der Waals surface area contributed by atoms with Crippen LogP contribution in [0.15, 0.2) is 88.6 Å². The molecule has 2 aromatic carbocycles. The average molecular weight is 457 g/mol. The van der Waals surface area contributed by atoms with Crippen LogP contribution < -0.4 is 11.1 Å². The smallest absolute Gasteiger partial charge is 0.232 e. The maximum absolute atomic E-state index is 5.98. The summed E-state index contributed by atoms with van der Waals surface area (Å²) < 4.78 is 7.53. The number of rotatable bonds is 7. The van der Waals surface area contributed by atoms with Crippen molar-refractivity contribution in [2.75, 3.05) is 11.1 Å². The van der Waals surface area contributed by atoms with Crippen LogP contribution in [0.1, 0.15) is 18.0 Å². The highest BCUT2D eigenvalue weighted by molar-refractivity contribution is 7.99. The Morgan fingerprint density at radius 1 is 0.909 bits per heavy atom. The van der Waals surface area contributed by atoms with Crippen molar-refractivity contribution in [2.24, 2.45) is 0 Å². The molecule has 0 bridgehead atoms. The Balaban J connectivity index is 1.46. The van der Waals surface area contributed by atoms with Crippen molar-refractivity contribution < 1.29 is 4.42 Å². The molecule has 1 atom stereocenters. The Morgan fingerprint density at radius 2 is 1.67 bits per heavy atom. The number of aromatic nitrogens is 6. The van der Waals surface area contributed by atoms with Crippen molar-refractivity contribution in [3.63, 3.8) is 0 Å². The lowest BCUT2D eigenvalue weighted by molar-refractivity contribution is 0.575. The second kappa shape index (κ2) is 9.13. The van der Waals surface area contributed by atoms with Crippen LogP contribution >= 0.6 is 11.8 Å². The van der Waals surface area contributed by atoms with Crippen molar-refractivity contribution in [3.05, 3.63) is 84.9 Å². The molecule has 0 saturated carbocycles. The van der Waals surface area contributed by atoms with Gasteiger partial charge < -0.3 is 15.5 Å². The van der Waals surface area contributed by atoms with E-state index in [4.69, 9.17) is 10.2 Å². The molecule has 3 N–H and O–H groups in total. The predicted molar refractivity (Wildman–Crippen MR) is 127 cm³/mol. The van der Waals surface area contributed by atoms with E-state index in [-0.39, 0.29) is 11.2 Å². The number of anilines is 3. The molecule has 5 aromatic rings. The molecule has 0 amide bonds. The summed E-state index contributed by atoms with van der Waals surface area (Å²) in [5.74, 6) is 2.31. The van der Waals surface area contributed by atoms with Gasteiger partial charge >= 0.3 is 0 Å². The Labute approximate surface area is 194 Å². The molecule has 164 valence electrons. The highest BCUT2D eigenvalue weighted by Crippen LogP contribution is 2.36. The van der Waals surface area contributed by atoms with Gasteiger partial charge in [-0.15, -0.1) is 10.2 Å². The monoisotopic (exact) mass is 456 g/mol.